The average Bonchev–Trinajstić information content (AvgIpc) is 2.54. The zero-order chi connectivity index (χ0) is 14.7. The number of benzene rings is 1. The van der Waals surface area contributed by atoms with Crippen LogP contribution in [0.5, 0.6) is 17.4 Å². The molecule has 2 heterocycles. The molecule has 0 fully saturated rings. The fourth-order valence-corrected chi connectivity index (χ4v) is 2.17. The van der Waals surface area contributed by atoms with Gasteiger partial charge in [-0.15, -0.1) is 0 Å². The second-order valence-electron chi connectivity index (χ2n) is 4.38. The predicted octanol–water partition coefficient (Wildman–Crippen LogP) is 2.10. The Morgan fingerprint density at radius 2 is 2.14 bits per heavy atom. The average molecular weight is 286 g/mol. The van der Waals surface area contributed by atoms with Gasteiger partial charge in [0.2, 0.25) is 12.3 Å². The predicted molar refractivity (Wildman–Crippen MR) is 76.9 cm³/mol. The van der Waals surface area contributed by atoms with E-state index in [-0.39, 0.29) is 0 Å². The van der Waals surface area contributed by atoms with E-state index in [0.717, 1.165) is 5.56 Å². The number of pyridine rings is 1. The third-order valence-electron chi connectivity index (χ3n) is 3.08. The van der Waals surface area contributed by atoms with Crippen molar-refractivity contribution in [1.29, 1.82) is 0 Å². The number of nitrogens with one attached hydrogen (secondary N) is 1. The number of hydrogen-bond donors (Lipinski definition) is 1. The second-order valence-corrected chi connectivity index (χ2v) is 4.38. The van der Waals surface area contributed by atoms with Gasteiger partial charge in [0.25, 0.3) is 0 Å². The maximum Gasteiger partial charge on any atom is 0.215 e. The zero-order valence-corrected chi connectivity index (χ0v) is 11.5. The first-order valence-electron chi connectivity index (χ1n) is 6.47. The number of carbonyl (C=O) groups is 1. The maximum absolute atomic E-state index is 10.6. The van der Waals surface area contributed by atoms with Crippen molar-refractivity contribution in [3.63, 3.8) is 0 Å². The van der Waals surface area contributed by atoms with Gasteiger partial charge in [0.15, 0.2) is 11.5 Å². The highest BCUT2D eigenvalue weighted by Gasteiger charge is 2.18. The van der Waals surface area contributed by atoms with E-state index >= 15 is 0 Å². The number of fused-ring (bicyclic) bond motifs is 1. The summed E-state index contributed by atoms with van der Waals surface area (Å²) in [5, 5.41) is 2.60. The van der Waals surface area contributed by atoms with Gasteiger partial charge >= 0.3 is 0 Å². The van der Waals surface area contributed by atoms with Crippen LogP contribution in [0.4, 0.5) is 5.69 Å². The molecule has 0 saturated carbocycles. The van der Waals surface area contributed by atoms with Crippen molar-refractivity contribution >= 4 is 12.1 Å². The summed E-state index contributed by atoms with van der Waals surface area (Å²) in [4.78, 5) is 15.0. The summed E-state index contributed by atoms with van der Waals surface area (Å²) >= 11 is 0. The number of para-hydroxylation sites is 1. The topological polar surface area (TPSA) is 69.7 Å². The highest BCUT2D eigenvalue weighted by molar-refractivity contribution is 5.78. The van der Waals surface area contributed by atoms with Gasteiger partial charge < -0.3 is 19.5 Å². The van der Waals surface area contributed by atoms with E-state index in [1.165, 1.54) is 7.11 Å². The Labute approximate surface area is 121 Å². The number of nitrogens with zero attached hydrogens (tertiary/aromatic N) is 1. The molecule has 0 bridgehead atoms. The quantitative estimate of drug-likeness (QED) is 0.872. The number of rotatable bonds is 4. The van der Waals surface area contributed by atoms with Crippen LogP contribution < -0.4 is 19.5 Å². The molecule has 0 aliphatic carbocycles. The van der Waals surface area contributed by atoms with Gasteiger partial charge in [-0.05, 0) is 18.2 Å². The number of hydrogen-bond acceptors (Lipinski definition) is 5. The monoisotopic (exact) mass is 286 g/mol. The molecular formula is C15H14N2O4. The Hall–Kier alpha value is -2.76. The van der Waals surface area contributed by atoms with Crippen molar-refractivity contribution in [2.75, 3.05) is 25.6 Å². The molecule has 0 spiro atoms. The van der Waals surface area contributed by atoms with E-state index < -0.39 is 0 Å². The van der Waals surface area contributed by atoms with Crippen LogP contribution in [0.2, 0.25) is 0 Å². The molecule has 1 aromatic carbocycles. The molecule has 1 amide bonds. The number of anilines is 1. The van der Waals surface area contributed by atoms with E-state index in [9.17, 15) is 4.79 Å². The van der Waals surface area contributed by atoms with Crippen LogP contribution in [0.1, 0.15) is 0 Å². The molecule has 1 aromatic heterocycles. The molecule has 0 radical (unpaired) electrons. The minimum Gasteiger partial charge on any atom is -0.486 e. The molecule has 2 aromatic rings. The van der Waals surface area contributed by atoms with E-state index in [4.69, 9.17) is 14.2 Å². The summed E-state index contributed by atoms with van der Waals surface area (Å²) in [6, 6.07) is 9.01. The van der Waals surface area contributed by atoms with Crippen molar-refractivity contribution < 1.29 is 19.0 Å². The Morgan fingerprint density at radius 3 is 2.95 bits per heavy atom. The van der Waals surface area contributed by atoms with E-state index in [1.54, 1.807) is 12.1 Å². The maximum atomic E-state index is 10.6. The van der Waals surface area contributed by atoms with Gasteiger partial charge in [-0.2, -0.15) is 0 Å². The summed E-state index contributed by atoms with van der Waals surface area (Å²) in [5.74, 6) is 1.75. The Balaban J connectivity index is 2.11. The van der Waals surface area contributed by atoms with Crippen LogP contribution in [-0.4, -0.2) is 31.7 Å². The van der Waals surface area contributed by atoms with Crippen LogP contribution in [-0.2, 0) is 4.79 Å². The molecule has 1 aliphatic heterocycles. The Morgan fingerprint density at radius 1 is 1.29 bits per heavy atom. The van der Waals surface area contributed by atoms with Gasteiger partial charge in [0.05, 0.1) is 12.8 Å². The summed E-state index contributed by atoms with van der Waals surface area (Å²) < 4.78 is 16.4. The second kappa shape index (κ2) is 5.70. The minimum absolute atomic E-state index is 0.409. The van der Waals surface area contributed by atoms with Crippen LogP contribution in [0.25, 0.3) is 11.3 Å². The minimum atomic E-state index is 0.409. The number of carbonyl (C=O) groups excluding carboxylic acids is 1. The van der Waals surface area contributed by atoms with Crippen molar-refractivity contribution in [2.24, 2.45) is 0 Å². The summed E-state index contributed by atoms with van der Waals surface area (Å²) in [6.45, 7) is 1.02. The molecule has 3 rings (SSSR count). The largest absolute Gasteiger partial charge is 0.486 e. The van der Waals surface area contributed by atoms with Crippen LogP contribution in [0.15, 0.2) is 30.3 Å². The molecule has 108 valence electrons. The van der Waals surface area contributed by atoms with E-state index in [2.05, 4.69) is 10.3 Å². The highest BCUT2D eigenvalue weighted by Crippen LogP contribution is 2.40. The highest BCUT2D eigenvalue weighted by atomic mass is 16.6. The van der Waals surface area contributed by atoms with Crippen LogP contribution in [0, 0.1) is 0 Å². The molecular weight excluding hydrogens is 272 g/mol. The SMILES string of the molecule is COc1cc(NC=O)cc(-c2cccc3c2OCCO3)n1. The lowest BCUT2D eigenvalue weighted by Gasteiger charge is -2.21. The fourth-order valence-electron chi connectivity index (χ4n) is 2.17. The molecule has 0 saturated heterocycles. The molecule has 0 unspecified atom stereocenters. The van der Waals surface area contributed by atoms with Crippen molar-refractivity contribution in [3.05, 3.63) is 30.3 Å². The first-order valence-corrected chi connectivity index (χ1v) is 6.47. The summed E-state index contributed by atoms with van der Waals surface area (Å²) in [6.07, 6.45) is 0.610. The smallest absolute Gasteiger partial charge is 0.215 e. The van der Waals surface area contributed by atoms with Crippen molar-refractivity contribution in [1.82, 2.24) is 4.98 Å². The molecule has 1 N–H and O–H groups in total. The zero-order valence-electron chi connectivity index (χ0n) is 11.5. The lowest BCUT2D eigenvalue weighted by Crippen LogP contribution is -2.16. The Kier molecular flexibility index (Phi) is 3.59. The molecule has 0 atom stereocenters. The standard InChI is InChI=1S/C15H14N2O4/c1-19-14-8-10(16-9-18)7-12(17-14)11-3-2-4-13-15(11)21-6-5-20-13/h2-4,7-9H,5-6H2,1H3,(H,16,17,18). The molecule has 6 heteroatoms. The van der Waals surface area contributed by atoms with Crippen molar-refractivity contribution in [2.45, 2.75) is 0 Å². The molecule has 21 heavy (non-hydrogen) atoms. The number of aromatic nitrogens is 1. The third kappa shape index (κ3) is 2.60. The van der Waals surface area contributed by atoms with Crippen LogP contribution >= 0.6 is 0 Å². The van der Waals surface area contributed by atoms with Gasteiger partial charge in [-0.3, -0.25) is 4.79 Å². The third-order valence-corrected chi connectivity index (χ3v) is 3.08. The molecule has 6 nitrogen and oxygen atoms in total. The van der Waals surface area contributed by atoms with Gasteiger partial charge in [0, 0.05) is 17.3 Å². The van der Waals surface area contributed by atoms with Gasteiger partial charge in [-0.1, -0.05) is 6.07 Å². The number of amides is 1. The number of methoxy groups -OCH3 is 1. The first-order chi connectivity index (χ1) is 10.3. The first kappa shape index (κ1) is 13.2. The van der Waals surface area contributed by atoms with Gasteiger partial charge in [-0.25, -0.2) is 4.98 Å². The summed E-state index contributed by atoms with van der Waals surface area (Å²) in [5.41, 5.74) is 2.03. The lowest BCUT2D eigenvalue weighted by molar-refractivity contribution is -0.105. The summed E-state index contributed by atoms with van der Waals surface area (Å²) in [7, 11) is 1.52. The number of ether oxygens (including phenoxy) is 3. The van der Waals surface area contributed by atoms with Crippen LogP contribution in [0.3, 0.4) is 0 Å². The molecule has 1 aliphatic rings. The fraction of sp³-hybridized carbons (Fsp3) is 0.200. The van der Waals surface area contributed by atoms with Crippen molar-refractivity contribution in [3.8, 4) is 28.6 Å². The lowest BCUT2D eigenvalue weighted by atomic mass is 10.1. The normalized spacial score (nSPS) is 12.6. The van der Waals surface area contributed by atoms with E-state index in [1.807, 2.05) is 18.2 Å². The Bertz CT molecular complexity index is 673. The van der Waals surface area contributed by atoms with Gasteiger partial charge in [0.1, 0.15) is 13.2 Å². The van der Waals surface area contributed by atoms with E-state index in [0.29, 0.717) is 48.4 Å².